The van der Waals surface area contributed by atoms with Gasteiger partial charge in [-0.2, -0.15) is 28.6 Å². The first kappa shape index (κ1) is 16.9. The normalized spacial score (nSPS) is 20.7. The predicted molar refractivity (Wildman–Crippen MR) is 78.4 cm³/mol. The Morgan fingerprint density at radius 2 is 1.84 bits per heavy atom. The van der Waals surface area contributed by atoms with Crippen molar-refractivity contribution in [3.63, 3.8) is 0 Å². The number of hydrogen-bond acceptors (Lipinski definition) is 4. The van der Waals surface area contributed by atoms with E-state index in [0.717, 1.165) is 4.90 Å². The fourth-order valence-corrected chi connectivity index (χ4v) is 2.88. The van der Waals surface area contributed by atoms with Crippen LogP contribution in [0.4, 0.5) is 13.2 Å². The number of likely N-dealkylation sites (tertiary alicyclic amines) is 1. The van der Waals surface area contributed by atoms with E-state index >= 15 is 0 Å². The highest BCUT2D eigenvalue weighted by Crippen LogP contribution is 2.38. The van der Waals surface area contributed by atoms with Gasteiger partial charge in [0.25, 0.3) is 5.91 Å². The Labute approximate surface area is 139 Å². The van der Waals surface area contributed by atoms with Crippen LogP contribution in [0.1, 0.15) is 10.5 Å². The Morgan fingerprint density at radius 1 is 1.16 bits per heavy atom. The van der Waals surface area contributed by atoms with Crippen molar-refractivity contribution in [3.8, 4) is 11.3 Å². The first-order valence-electron chi connectivity index (χ1n) is 7.34. The first-order valence-corrected chi connectivity index (χ1v) is 7.34. The van der Waals surface area contributed by atoms with Gasteiger partial charge in [0, 0.05) is 18.7 Å². The summed E-state index contributed by atoms with van der Waals surface area (Å²) < 4.78 is 39.2. The lowest BCUT2D eigenvalue weighted by Gasteiger charge is -2.18. The number of H-pyrrole nitrogens is 1. The van der Waals surface area contributed by atoms with Gasteiger partial charge in [0.05, 0.1) is 11.8 Å². The summed E-state index contributed by atoms with van der Waals surface area (Å²) in [7, 11) is 0. The fraction of sp³-hybridized carbons (Fsp3) is 0.333. The second kappa shape index (κ2) is 6.19. The molecule has 0 radical (unpaired) electrons. The van der Waals surface area contributed by atoms with Crippen molar-refractivity contribution in [2.45, 2.75) is 6.18 Å². The number of carbonyl (C=O) groups is 2. The number of hydrogen-bond donors (Lipinski definition) is 2. The Balaban J connectivity index is 1.88. The molecule has 1 saturated heterocycles. The number of rotatable bonds is 3. The molecule has 10 heteroatoms. The van der Waals surface area contributed by atoms with E-state index < -0.39 is 43.0 Å². The minimum Gasteiger partial charge on any atom is -0.481 e. The van der Waals surface area contributed by atoms with Crippen LogP contribution in [-0.4, -0.2) is 56.6 Å². The number of aromatic amines is 1. The van der Waals surface area contributed by atoms with Gasteiger partial charge in [-0.3, -0.25) is 9.59 Å². The number of nitrogens with zero attached hydrogens (tertiary/aromatic N) is 3. The minimum absolute atomic E-state index is 0.141. The van der Waals surface area contributed by atoms with Crippen LogP contribution in [0.5, 0.6) is 0 Å². The van der Waals surface area contributed by atoms with E-state index in [-0.39, 0.29) is 11.4 Å². The molecule has 2 N–H and O–H groups in total. The fourth-order valence-electron chi connectivity index (χ4n) is 2.88. The summed E-state index contributed by atoms with van der Waals surface area (Å²) in [5.74, 6) is -6.18. The lowest BCUT2D eigenvalue weighted by molar-refractivity contribution is -0.187. The third-order valence-electron chi connectivity index (χ3n) is 4.14. The molecule has 132 valence electrons. The number of aromatic nitrogens is 3. The molecule has 0 spiro atoms. The Kier molecular flexibility index (Phi) is 4.19. The number of benzene rings is 1. The summed E-state index contributed by atoms with van der Waals surface area (Å²) >= 11 is 0. The van der Waals surface area contributed by atoms with Crippen LogP contribution in [0.15, 0.2) is 30.3 Å². The van der Waals surface area contributed by atoms with E-state index in [0.29, 0.717) is 5.56 Å². The molecule has 7 nitrogen and oxygen atoms in total. The van der Waals surface area contributed by atoms with Crippen molar-refractivity contribution >= 4 is 11.9 Å². The van der Waals surface area contributed by atoms with Gasteiger partial charge in [0.2, 0.25) is 0 Å². The SMILES string of the molecule is O=C(O)[C@@H]1CN(C(=O)c2n[nH]nc2-c2ccccc2)C[C@H]1C(F)(F)F. The zero-order chi connectivity index (χ0) is 18.2. The van der Waals surface area contributed by atoms with Gasteiger partial charge in [0.1, 0.15) is 5.69 Å². The van der Waals surface area contributed by atoms with Gasteiger partial charge in [-0.15, -0.1) is 0 Å². The van der Waals surface area contributed by atoms with E-state index in [1.54, 1.807) is 30.3 Å². The van der Waals surface area contributed by atoms with E-state index in [9.17, 15) is 22.8 Å². The van der Waals surface area contributed by atoms with E-state index in [1.165, 1.54) is 0 Å². The molecule has 2 heterocycles. The monoisotopic (exact) mass is 354 g/mol. The Morgan fingerprint density at radius 3 is 2.40 bits per heavy atom. The summed E-state index contributed by atoms with van der Waals surface area (Å²) in [5, 5.41) is 18.9. The number of nitrogens with one attached hydrogen (secondary N) is 1. The smallest absolute Gasteiger partial charge is 0.394 e. The molecule has 2 aromatic rings. The van der Waals surface area contributed by atoms with E-state index in [1.807, 2.05) is 0 Å². The second-order valence-electron chi connectivity index (χ2n) is 5.69. The maximum Gasteiger partial charge on any atom is 0.394 e. The predicted octanol–water partition coefficient (Wildman–Crippen LogP) is 1.81. The summed E-state index contributed by atoms with van der Waals surface area (Å²) in [5.41, 5.74) is 0.632. The molecule has 2 atom stereocenters. The molecular formula is C15H13F3N4O3. The number of aliphatic carboxylic acids is 1. The molecule has 25 heavy (non-hydrogen) atoms. The van der Waals surface area contributed by atoms with E-state index in [2.05, 4.69) is 15.4 Å². The summed E-state index contributed by atoms with van der Waals surface area (Å²) in [6, 6.07) is 8.55. The molecule has 1 amide bonds. The van der Waals surface area contributed by atoms with Gasteiger partial charge >= 0.3 is 12.1 Å². The number of carboxylic acid groups (broad SMARTS) is 1. The molecule has 1 aliphatic rings. The van der Waals surface area contributed by atoms with Crippen molar-refractivity contribution in [1.82, 2.24) is 20.3 Å². The van der Waals surface area contributed by atoms with Crippen LogP contribution in [0.3, 0.4) is 0 Å². The van der Waals surface area contributed by atoms with Crippen molar-refractivity contribution < 1.29 is 27.9 Å². The third kappa shape index (κ3) is 3.19. The molecule has 0 bridgehead atoms. The number of carboxylic acids is 1. The molecule has 1 aromatic heterocycles. The van der Waals surface area contributed by atoms with Crippen molar-refractivity contribution in [2.24, 2.45) is 11.8 Å². The van der Waals surface area contributed by atoms with Crippen LogP contribution in [0.25, 0.3) is 11.3 Å². The topological polar surface area (TPSA) is 99.2 Å². The van der Waals surface area contributed by atoms with Crippen LogP contribution in [0, 0.1) is 11.8 Å². The van der Waals surface area contributed by atoms with Crippen molar-refractivity contribution in [1.29, 1.82) is 0 Å². The highest BCUT2D eigenvalue weighted by atomic mass is 19.4. The quantitative estimate of drug-likeness (QED) is 0.876. The minimum atomic E-state index is -4.70. The lowest BCUT2D eigenvalue weighted by atomic mass is 9.96. The van der Waals surface area contributed by atoms with E-state index in [4.69, 9.17) is 5.11 Å². The van der Waals surface area contributed by atoms with Gasteiger partial charge in [-0.1, -0.05) is 30.3 Å². The molecular weight excluding hydrogens is 341 g/mol. The van der Waals surface area contributed by atoms with Gasteiger partial charge < -0.3 is 10.0 Å². The lowest BCUT2D eigenvalue weighted by Crippen LogP contribution is -2.34. The number of amides is 1. The van der Waals surface area contributed by atoms with Crippen molar-refractivity contribution in [2.75, 3.05) is 13.1 Å². The molecule has 1 fully saturated rings. The average Bonchev–Trinajstić information content (AvgIpc) is 3.22. The largest absolute Gasteiger partial charge is 0.481 e. The number of alkyl halides is 3. The molecule has 1 aromatic carbocycles. The Hall–Kier alpha value is -2.91. The first-order chi connectivity index (χ1) is 11.8. The molecule has 0 unspecified atom stereocenters. The number of halogens is 3. The van der Waals surface area contributed by atoms with Crippen LogP contribution < -0.4 is 0 Å². The zero-order valence-corrected chi connectivity index (χ0v) is 12.7. The maximum absolute atomic E-state index is 13.1. The van der Waals surface area contributed by atoms with Crippen LogP contribution >= 0.6 is 0 Å². The average molecular weight is 354 g/mol. The van der Waals surface area contributed by atoms with Crippen LogP contribution in [-0.2, 0) is 4.79 Å². The highest BCUT2D eigenvalue weighted by molar-refractivity contribution is 5.98. The summed E-state index contributed by atoms with van der Waals surface area (Å²) in [6.07, 6.45) is -4.70. The van der Waals surface area contributed by atoms with Crippen molar-refractivity contribution in [3.05, 3.63) is 36.0 Å². The molecule has 0 saturated carbocycles. The highest BCUT2D eigenvalue weighted by Gasteiger charge is 2.53. The second-order valence-corrected chi connectivity index (χ2v) is 5.69. The molecule has 0 aliphatic carbocycles. The molecule has 3 rings (SSSR count). The van der Waals surface area contributed by atoms with Gasteiger partial charge in [-0.25, -0.2) is 0 Å². The van der Waals surface area contributed by atoms with Gasteiger partial charge in [0.15, 0.2) is 5.69 Å². The Bertz CT molecular complexity index is 791. The third-order valence-corrected chi connectivity index (χ3v) is 4.14. The molecule has 1 aliphatic heterocycles. The van der Waals surface area contributed by atoms with Gasteiger partial charge in [-0.05, 0) is 0 Å². The maximum atomic E-state index is 13.1. The number of carbonyl (C=O) groups excluding carboxylic acids is 1. The zero-order valence-electron chi connectivity index (χ0n) is 12.7. The summed E-state index contributed by atoms with van der Waals surface area (Å²) in [6.45, 7) is -1.25. The van der Waals surface area contributed by atoms with Crippen LogP contribution in [0.2, 0.25) is 0 Å². The standard InChI is InChI=1S/C15H13F3N4O3/c16-15(17,18)10-7-22(6-9(10)14(24)25)13(23)12-11(19-21-20-12)8-4-2-1-3-5-8/h1-5,9-10H,6-7H2,(H,24,25)(H,19,20,21)/t9-,10-/m1/s1. The summed E-state index contributed by atoms with van der Waals surface area (Å²) in [4.78, 5) is 24.6.